The van der Waals surface area contributed by atoms with Crippen molar-refractivity contribution >= 4 is 5.97 Å². The summed E-state index contributed by atoms with van der Waals surface area (Å²) < 4.78 is 4.66. The van der Waals surface area contributed by atoms with E-state index in [0.29, 0.717) is 6.04 Å². The fourth-order valence-electron chi connectivity index (χ4n) is 1.63. The highest BCUT2D eigenvalue weighted by atomic mass is 16.5. The first-order chi connectivity index (χ1) is 6.27. The van der Waals surface area contributed by atoms with E-state index in [-0.39, 0.29) is 11.9 Å². The minimum Gasteiger partial charge on any atom is -0.469 e. The second-order valence-corrected chi connectivity index (χ2v) is 3.70. The summed E-state index contributed by atoms with van der Waals surface area (Å²) in [6.45, 7) is 3.26. The Hall–Kier alpha value is -0.570. The molecule has 0 spiro atoms. The molecular formula is C10H19NO2. The normalized spacial score (nSPS) is 26.6. The molecular weight excluding hydrogens is 166 g/mol. The molecule has 1 aliphatic rings. The fraction of sp³-hybridized carbons (Fsp3) is 0.900. The summed E-state index contributed by atoms with van der Waals surface area (Å²) in [7, 11) is 1.46. The van der Waals surface area contributed by atoms with Gasteiger partial charge in [-0.1, -0.05) is 13.3 Å². The number of rotatable bonds is 5. The summed E-state index contributed by atoms with van der Waals surface area (Å²) >= 11 is 0. The number of ether oxygens (including phenoxy) is 1. The highest BCUT2D eigenvalue weighted by molar-refractivity contribution is 5.73. The van der Waals surface area contributed by atoms with Gasteiger partial charge in [0.15, 0.2) is 0 Å². The lowest BCUT2D eigenvalue weighted by Crippen LogP contribution is -2.44. The molecule has 13 heavy (non-hydrogen) atoms. The fourth-order valence-corrected chi connectivity index (χ4v) is 1.63. The second-order valence-electron chi connectivity index (χ2n) is 3.70. The Morgan fingerprint density at radius 3 is 2.77 bits per heavy atom. The van der Waals surface area contributed by atoms with E-state index in [4.69, 9.17) is 0 Å². The Kier molecular flexibility index (Phi) is 4.22. The zero-order valence-corrected chi connectivity index (χ0v) is 8.51. The Bertz CT molecular complexity index is 164. The number of hydrogen-bond acceptors (Lipinski definition) is 3. The van der Waals surface area contributed by atoms with E-state index >= 15 is 0 Å². The van der Waals surface area contributed by atoms with Gasteiger partial charge in [0.05, 0.1) is 13.0 Å². The van der Waals surface area contributed by atoms with Crippen LogP contribution in [0.2, 0.25) is 0 Å². The van der Waals surface area contributed by atoms with Crippen molar-refractivity contribution in [3.8, 4) is 0 Å². The van der Waals surface area contributed by atoms with E-state index in [1.807, 2.05) is 0 Å². The summed E-state index contributed by atoms with van der Waals surface area (Å²) in [6, 6.07) is 0.552. The maximum absolute atomic E-state index is 11.0. The number of hydrogen-bond donors (Lipinski definition) is 1. The molecule has 0 unspecified atom stereocenters. The van der Waals surface area contributed by atoms with Gasteiger partial charge in [-0.15, -0.1) is 0 Å². The summed E-state index contributed by atoms with van der Waals surface area (Å²) in [5.74, 6) is 0.109. The van der Waals surface area contributed by atoms with Crippen molar-refractivity contribution in [2.75, 3.05) is 13.7 Å². The SMILES string of the molecule is CCCCNC1CC(C(=O)OC)C1. The summed E-state index contributed by atoms with van der Waals surface area (Å²) in [5.41, 5.74) is 0. The van der Waals surface area contributed by atoms with Crippen molar-refractivity contribution in [1.29, 1.82) is 0 Å². The van der Waals surface area contributed by atoms with E-state index in [1.54, 1.807) is 0 Å². The Labute approximate surface area is 79.8 Å². The van der Waals surface area contributed by atoms with Crippen molar-refractivity contribution in [2.45, 2.75) is 38.6 Å². The molecule has 1 saturated carbocycles. The second kappa shape index (κ2) is 5.22. The smallest absolute Gasteiger partial charge is 0.308 e. The molecule has 0 atom stereocenters. The molecule has 0 aromatic rings. The minimum atomic E-state index is -0.0476. The van der Waals surface area contributed by atoms with Crippen LogP contribution in [0.3, 0.4) is 0 Å². The van der Waals surface area contributed by atoms with Gasteiger partial charge < -0.3 is 10.1 Å². The monoisotopic (exact) mass is 185 g/mol. The van der Waals surface area contributed by atoms with Crippen molar-refractivity contribution in [1.82, 2.24) is 5.32 Å². The number of unbranched alkanes of at least 4 members (excludes halogenated alkanes) is 1. The molecule has 0 heterocycles. The molecule has 1 aliphatic carbocycles. The zero-order chi connectivity index (χ0) is 9.68. The molecule has 1 N–H and O–H groups in total. The van der Waals surface area contributed by atoms with Crippen molar-refractivity contribution in [3.05, 3.63) is 0 Å². The first-order valence-electron chi connectivity index (χ1n) is 5.09. The van der Waals surface area contributed by atoms with Crippen LogP contribution in [0.5, 0.6) is 0 Å². The first-order valence-corrected chi connectivity index (χ1v) is 5.09. The molecule has 0 aromatic carbocycles. The van der Waals surface area contributed by atoms with E-state index in [2.05, 4.69) is 17.0 Å². The van der Waals surface area contributed by atoms with Gasteiger partial charge in [-0.2, -0.15) is 0 Å². The number of nitrogens with one attached hydrogen (secondary N) is 1. The average Bonchev–Trinajstić information content (AvgIpc) is 2.08. The van der Waals surface area contributed by atoms with Crippen LogP contribution in [0.4, 0.5) is 0 Å². The number of carbonyl (C=O) groups is 1. The quantitative estimate of drug-likeness (QED) is 0.518. The van der Waals surface area contributed by atoms with Crippen LogP contribution in [-0.4, -0.2) is 25.7 Å². The molecule has 0 aromatic heterocycles. The third-order valence-corrected chi connectivity index (χ3v) is 2.64. The maximum Gasteiger partial charge on any atom is 0.308 e. The van der Waals surface area contributed by atoms with E-state index in [1.165, 1.54) is 20.0 Å². The first kappa shape index (κ1) is 10.5. The highest BCUT2D eigenvalue weighted by Crippen LogP contribution is 2.28. The molecule has 0 bridgehead atoms. The van der Waals surface area contributed by atoms with Crippen LogP contribution in [0.1, 0.15) is 32.6 Å². The lowest BCUT2D eigenvalue weighted by Gasteiger charge is -2.33. The molecule has 76 valence electrons. The van der Waals surface area contributed by atoms with E-state index < -0.39 is 0 Å². The van der Waals surface area contributed by atoms with Crippen LogP contribution in [0, 0.1) is 5.92 Å². The minimum absolute atomic E-state index is 0.0476. The topological polar surface area (TPSA) is 38.3 Å². The highest BCUT2D eigenvalue weighted by Gasteiger charge is 2.34. The molecule has 1 rings (SSSR count). The number of methoxy groups -OCH3 is 1. The van der Waals surface area contributed by atoms with Crippen LogP contribution >= 0.6 is 0 Å². The molecule has 0 aliphatic heterocycles. The van der Waals surface area contributed by atoms with E-state index in [0.717, 1.165) is 19.4 Å². The maximum atomic E-state index is 11.0. The molecule has 3 heteroatoms. The van der Waals surface area contributed by atoms with Crippen LogP contribution < -0.4 is 5.32 Å². The van der Waals surface area contributed by atoms with E-state index in [9.17, 15) is 4.79 Å². The van der Waals surface area contributed by atoms with Gasteiger partial charge in [0.1, 0.15) is 0 Å². The lowest BCUT2D eigenvalue weighted by atomic mass is 9.80. The summed E-state index contributed by atoms with van der Waals surface area (Å²) in [6.07, 6.45) is 4.35. The van der Waals surface area contributed by atoms with Gasteiger partial charge in [-0.3, -0.25) is 4.79 Å². The van der Waals surface area contributed by atoms with Gasteiger partial charge in [0.2, 0.25) is 0 Å². The van der Waals surface area contributed by atoms with Crippen molar-refractivity contribution in [3.63, 3.8) is 0 Å². The van der Waals surface area contributed by atoms with Crippen LogP contribution in [0.25, 0.3) is 0 Å². The summed E-state index contributed by atoms with van der Waals surface area (Å²) in [5, 5.41) is 3.42. The Morgan fingerprint density at radius 2 is 2.23 bits per heavy atom. The standard InChI is InChI=1S/C10H19NO2/c1-3-4-5-11-9-6-8(7-9)10(12)13-2/h8-9,11H,3-7H2,1-2H3. The molecule has 0 saturated heterocycles. The number of carbonyl (C=O) groups excluding carboxylic acids is 1. The third kappa shape index (κ3) is 2.99. The lowest BCUT2D eigenvalue weighted by molar-refractivity contribution is -0.149. The predicted molar refractivity (Wildman–Crippen MR) is 51.4 cm³/mol. The van der Waals surface area contributed by atoms with Crippen molar-refractivity contribution < 1.29 is 9.53 Å². The molecule has 3 nitrogen and oxygen atoms in total. The van der Waals surface area contributed by atoms with Crippen molar-refractivity contribution in [2.24, 2.45) is 5.92 Å². The zero-order valence-electron chi connectivity index (χ0n) is 8.51. The average molecular weight is 185 g/mol. The largest absolute Gasteiger partial charge is 0.469 e. The Balaban J connectivity index is 2.01. The van der Waals surface area contributed by atoms with Gasteiger partial charge in [0.25, 0.3) is 0 Å². The molecule has 0 radical (unpaired) electrons. The van der Waals surface area contributed by atoms with Gasteiger partial charge in [-0.25, -0.2) is 0 Å². The predicted octanol–water partition coefficient (Wildman–Crippen LogP) is 1.33. The number of esters is 1. The van der Waals surface area contributed by atoms with Crippen LogP contribution in [0.15, 0.2) is 0 Å². The van der Waals surface area contributed by atoms with Gasteiger partial charge >= 0.3 is 5.97 Å². The summed E-state index contributed by atoms with van der Waals surface area (Å²) in [4.78, 5) is 11.0. The molecule has 0 amide bonds. The molecule has 1 fully saturated rings. The van der Waals surface area contributed by atoms with Gasteiger partial charge in [-0.05, 0) is 25.8 Å². The third-order valence-electron chi connectivity index (χ3n) is 2.64. The van der Waals surface area contributed by atoms with Gasteiger partial charge in [0, 0.05) is 6.04 Å². The van der Waals surface area contributed by atoms with Crippen LogP contribution in [-0.2, 0) is 9.53 Å². The Morgan fingerprint density at radius 1 is 1.54 bits per heavy atom.